The van der Waals surface area contributed by atoms with Crippen molar-refractivity contribution in [1.82, 2.24) is 15.5 Å². The molecule has 1 aromatic carbocycles. The van der Waals surface area contributed by atoms with Crippen LogP contribution in [-0.2, 0) is 0 Å². The van der Waals surface area contributed by atoms with Crippen LogP contribution < -0.4 is 5.32 Å². The molecule has 1 fully saturated rings. The largest absolute Gasteiger partial charge is 0.339 e. The molecule has 0 amide bonds. The average Bonchev–Trinajstić information content (AvgIpc) is 2.99. The summed E-state index contributed by atoms with van der Waals surface area (Å²) in [6.45, 7) is 4.01. The summed E-state index contributed by atoms with van der Waals surface area (Å²) in [6.07, 6.45) is 1.07. The Kier molecular flexibility index (Phi) is 3.18. The van der Waals surface area contributed by atoms with E-state index in [0.29, 0.717) is 11.7 Å². The van der Waals surface area contributed by atoms with Gasteiger partial charge < -0.3 is 9.84 Å². The summed E-state index contributed by atoms with van der Waals surface area (Å²) in [5.74, 6) is 1.79. The van der Waals surface area contributed by atoms with Gasteiger partial charge in [-0.1, -0.05) is 21.1 Å². The average molecular weight is 308 g/mol. The molecule has 2 aromatic rings. The number of aryl methyl sites for hydroxylation is 1. The summed E-state index contributed by atoms with van der Waals surface area (Å²) >= 11 is 3.46. The number of benzene rings is 1. The number of aromatic nitrogens is 2. The van der Waals surface area contributed by atoms with E-state index >= 15 is 0 Å². The standard InChI is InChI=1S/C13H14BrN3O/c1-8-6-10(14)2-3-11(8)12-16-13(18-17-12)9-4-5-15-7-9/h2-3,6,9,15H,4-5,7H2,1H3. The minimum Gasteiger partial charge on any atom is -0.339 e. The number of rotatable bonds is 2. The molecule has 1 aliphatic rings. The van der Waals surface area contributed by atoms with Crippen molar-refractivity contribution < 1.29 is 4.52 Å². The Bertz CT molecular complexity index is 561. The molecule has 1 atom stereocenters. The topological polar surface area (TPSA) is 51.0 Å². The second-order valence-electron chi connectivity index (χ2n) is 4.61. The third-order valence-corrected chi connectivity index (χ3v) is 3.77. The van der Waals surface area contributed by atoms with Gasteiger partial charge >= 0.3 is 0 Å². The van der Waals surface area contributed by atoms with Crippen LogP contribution in [-0.4, -0.2) is 23.2 Å². The summed E-state index contributed by atoms with van der Waals surface area (Å²) in [6, 6.07) is 6.07. The summed E-state index contributed by atoms with van der Waals surface area (Å²) in [5, 5.41) is 7.40. The number of hydrogen-bond donors (Lipinski definition) is 1. The van der Waals surface area contributed by atoms with Gasteiger partial charge in [0.2, 0.25) is 11.7 Å². The Morgan fingerprint density at radius 3 is 3.06 bits per heavy atom. The van der Waals surface area contributed by atoms with Gasteiger partial charge in [0.1, 0.15) is 0 Å². The lowest BCUT2D eigenvalue weighted by atomic mass is 10.1. The minimum atomic E-state index is 0.363. The number of nitrogens with zero attached hydrogens (tertiary/aromatic N) is 2. The van der Waals surface area contributed by atoms with Crippen molar-refractivity contribution in [3.05, 3.63) is 34.1 Å². The van der Waals surface area contributed by atoms with Crippen LogP contribution >= 0.6 is 15.9 Å². The van der Waals surface area contributed by atoms with Crippen LogP contribution in [0.4, 0.5) is 0 Å². The maximum absolute atomic E-state index is 5.38. The third-order valence-electron chi connectivity index (χ3n) is 3.28. The molecule has 1 aromatic heterocycles. The summed E-state index contributed by atoms with van der Waals surface area (Å²) < 4.78 is 6.44. The van der Waals surface area contributed by atoms with Crippen LogP contribution in [0.2, 0.25) is 0 Å². The minimum absolute atomic E-state index is 0.363. The number of halogens is 1. The molecular weight excluding hydrogens is 294 g/mol. The van der Waals surface area contributed by atoms with Crippen LogP contribution in [0.25, 0.3) is 11.4 Å². The lowest BCUT2D eigenvalue weighted by Gasteiger charge is -2.01. The number of nitrogens with one attached hydrogen (secondary N) is 1. The van der Waals surface area contributed by atoms with E-state index in [9.17, 15) is 0 Å². The highest BCUT2D eigenvalue weighted by Gasteiger charge is 2.23. The molecule has 5 heteroatoms. The van der Waals surface area contributed by atoms with E-state index in [1.165, 1.54) is 0 Å². The van der Waals surface area contributed by atoms with E-state index in [4.69, 9.17) is 4.52 Å². The van der Waals surface area contributed by atoms with Gasteiger partial charge in [-0.25, -0.2) is 0 Å². The molecule has 94 valence electrons. The van der Waals surface area contributed by atoms with Gasteiger partial charge in [-0.05, 0) is 43.7 Å². The molecule has 0 radical (unpaired) electrons. The smallest absolute Gasteiger partial charge is 0.231 e. The van der Waals surface area contributed by atoms with Gasteiger partial charge in [0, 0.05) is 16.6 Å². The predicted molar refractivity (Wildman–Crippen MR) is 72.4 cm³/mol. The van der Waals surface area contributed by atoms with Crippen molar-refractivity contribution in [3.63, 3.8) is 0 Å². The molecule has 1 aliphatic heterocycles. The summed E-state index contributed by atoms with van der Waals surface area (Å²) in [7, 11) is 0. The van der Waals surface area contributed by atoms with E-state index in [0.717, 1.165) is 41.0 Å². The molecule has 1 unspecified atom stereocenters. The van der Waals surface area contributed by atoms with E-state index in [1.54, 1.807) is 0 Å². The molecular formula is C13H14BrN3O. The SMILES string of the molecule is Cc1cc(Br)ccc1-c1noc(C2CCNC2)n1. The van der Waals surface area contributed by atoms with Crippen molar-refractivity contribution in [2.75, 3.05) is 13.1 Å². The fourth-order valence-electron chi connectivity index (χ4n) is 2.25. The third kappa shape index (κ3) is 2.20. The van der Waals surface area contributed by atoms with Crippen molar-refractivity contribution in [3.8, 4) is 11.4 Å². The first-order valence-corrected chi connectivity index (χ1v) is 6.84. The van der Waals surface area contributed by atoms with E-state index in [-0.39, 0.29) is 0 Å². The maximum Gasteiger partial charge on any atom is 0.231 e. The Labute approximate surface area is 114 Å². The predicted octanol–water partition coefficient (Wildman–Crippen LogP) is 2.88. The lowest BCUT2D eigenvalue weighted by molar-refractivity contribution is 0.359. The van der Waals surface area contributed by atoms with Crippen molar-refractivity contribution in [2.45, 2.75) is 19.3 Å². The van der Waals surface area contributed by atoms with Crippen LogP contribution in [0.15, 0.2) is 27.2 Å². The zero-order chi connectivity index (χ0) is 12.5. The van der Waals surface area contributed by atoms with Gasteiger partial charge in [0.25, 0.3) is 0 Å². The van der Waals surface area contributed by atoms with E-state index in [2.05, 4.69) is 37.5 Å². The molecule has 0 spiro atoms. The Hall–Kier alpha value is -1.20. The molecule has 0 bridgehead atoms. The Morgan fingerprint density at radius 2 is 2.33 bits per heavy atom. The van der Waals surface area contributed by atoms with Crippen LogP contribution in [0.5, 0.6) is 0 Å². The molecule has 2 heterocycles. The highest BCUT2D eigenvalue weighted by Crippen LogP contribution is 2.27. The first-order valence-electron chi connectivity index (χ1n) is 6.05. The highest BCUT2D eigenvalue weighted by atomic mass is 79.9. The van der Waals surface area contributed by atoms with Gasteiger partial charge in [-0.3, -0.25) is 0 Å². The monoisotopic (exact) mass is 307 g/mol. The summed E-state index contributed by atoms with van der Waals surface area (Å²) in [4.78, 5) is 4.52. The highest BCUT2D eigenvalue weighted by molar-refractivity contribution is 9.10. The fraction of sp³-hybridized carbons (Fsp3) is 0.385. The molecule has 0 aliphatic carbocycles. The summed E-state index contributed by atoms with van der Waals surface area (Å²) in [5.41, 5.74) is 2.17. The molecule has 1 N–H and O–H groups in total. The number of hydrogen-bond acceptors (Lipinski definition) is 4. The van der Waals surface area contributed by atoms with Gasteiger partial charge in [0.15, 0.2) is 0 Å². The van der Waals surface area contributed by atoms with Crippen LogP contribution in [0, 0.1) is 6.92 Å². The lowest BCUT2D eigenvalue weighted by Crippen LogP contribution is -2.08. The maximum atomic E-state index is 5.38. The van der Waals surface area contributed by atoms with Gasteiger partial charge in [-0.15, -0.1) is 0 Å². The van der Waals surface area contributed by atoms with Crippen molar-refractivity contribution in [2.24, 2.45) is 0 Å². The Balaban J connectivity index is 1.92. The van der Waals surface area contributed by atoms with Gasteiger partial charge in [0.05, 0.1) is 5.92 Å². The molecule has 18 heavy (non-hydrogen) atoms. The zero-order valence-corrected chi connectivity index (χ0v) is 11.7. The quantitative estimate of drug-likeness (QED) is 0.927. The van der Waals surface area contributed by atoms with Crippen LogP contribution in [0.3, 0.4) is 0 Å². The van der Waals surface area contributed by atoms with Crippen molar-refractivity contribution >= 4 is 15.9 Å². The first-order chi connectivity index (χ1) is 8.74. The molecule has 3 rings (SSSR count). The van der Waals surface area contributed by atoms with E-state index < -0.39 is 0 Å². The van der Waals surface area contributed by atoms with Crippen molar-refractivity contribution in [1.29, 1.82) is 0 Å². The second-order valence-corrected chi connectivity index (χ2v) is 5.52. The first kappa shape index (κ1) is 11.9. The normalized spacial score (nSPS) is 19.3. The molecule has 0 saturated carbocycles. The van der Waals surface area contributed by atoms with E-state index in [1.807, 2.05) is 19.1 Å². The van der Waals surface area contributed by atoms with Gasteiger partial charge in [-0.2, -0.15) is 4.98 Å². The van der Waals surface area contributed by atoms with Crippen LogP contribution in [0.1, 0.15) is 23.8 Å². The second kappa shape index (κ2) is 4.82. The Morgan fingerprint density at radius 1 is 1.44 bits per heavy atom. The molecule has 1 saturated heterocycles. The zero-order valence-electron chi connectivity index (χ0n) is 10.1. The fourth-order valence-corrected chi connectivity index (χ4v) is 2.73. The molecule has 4 nitrogen and oxygen atoms in total.